The van der Waals surface area contributed by atoms with Crippen LogP contribution in [0.15, 0.2) is 42.5 Å². The number of likely N-dealkylation sites (tertiary alicyclic amines) is 1. The molecule has 0 unspecified atom stereocenters. The SMILES string of the molecule is O=C(Cc1c(F)cccc1Cl)NCc1ccccc1CN1CCCCC1. The highest BCUT2D eigenvalue weighted by Crippen LogP contribution is 2.20. The summed E-state index contributed by atoms with van der Waals surface area (Å²) in [5, 5.41) is 3.18. The topological polar surface area (TPSA) is 32.3 Å². The summed E-state index contributed by atoms with van der Waals surface area (Å²) < 4.78 is 13.8. The zero-order chi connectivity index (χ0) is 18.4. The lowest BCUT2D eigenvalue weighted by molar-refractivity contribution is -0.120. The minimum absolute atomic E-state index is 0.0558. The van der Waals surface area contributed by atoms with Gasteiger partial charge in [-0.2, -0.15) is 0 Å². The summed E-state index contributed by atoms with van der Waals surface area (Å²) in [6.45, 7) is 3.61. The molecule has 26 heavy (non-hydrogen) atoms. The fourth-order valence-electron chi connectivity index (χ4n) is 3.36. The molecule has 1 saturated heterocycles. The molecule has 0 bridgehead atoms. The van der Waals surface area contributed by atoms with Crippen LogP contribution in [0.1, 0.15) is 36.0 Å². The van der Waals surface area contributed by atoms with Crippen molar-refractivity contribution in [3.63, 3.8) is 0 Å². The number of hydrogen-bond donors (Lipinski definition) is 1. The van der Waals surface area contributed by atoms with Gasteiger partial charge in [-0.3, -0.25) is 9.69 Å². The molecule has 5 heteroatoms. The quantitative estimate of drug-likeness (QED) is 0.816. The van der Waals surface area contributed by atoms with Crippen LogP contribution < -0.4 is 5.32 Å². The van der Waals surface area contributed by atoms with Crippen molar-refractivity contribution < 1.29 is 9.18 Å². The Morgan fingerprint density at radius 1 is 1.04 bits per heavy atom. The Hall–Kier alpha value is -1.91. The fourth-order valence-corrected chi connectivity index (χ4v) is 3.59. The average molecular weight is 375 g/mol. The maximum atomic E-state index is 13.8. The number of benzene rings is 2. The number of nitrogens with one attached hydrogen (secondary N) is 1. The molecule has 0 radical (unpaired) electrons. The predicted octanol–water partition coefficient (Wildman–Crippen LogP) is 4.32. The monoisotopic (exact) mass is 374 g/mol. The smallest absolute Gasteiger partial charge is 0.224 e. The van der Waals surface area contributed by atoms with E-state index < -0.39 is 5.82 Å². The van der Waals surface area contributed by atoms with Gasteiger partial charge in [-0.05, 0) is 49.2 Å². The van der Waals surface area contributed by atoms with E-state index in [-0.39, 0.29) is 22.9 Å². The number of amides is 1. The van der Waals surface area contributed by atoms with Gasteiger partial charge in [0.25, 0.3) is 0 Å². The van der Waals surface area contributed by atoms with Crippen LogP contribution >= 0.6 is 11.6 Å². The molecule has 0 aliphatic carbocycles. The molecule has 0 spiro atoms. The molecule has 0 aromatic heterocycles. The first-order valence-electron chi connectivity index (χ1n) is 9.12. The van der Waals surface area contributed by atoms with Crippen LogP contribution in [-0.2, 0) is 24.3 Å². The second kappa shape index (κ2) is 9.15. The van der Waals surface area contributed by atoms with Crippen LogP contribution in [0.2, 0.25) is 5.02 Å². The number of piperidine rings is 1. The summed E-state index contributed by atoms with van der Waals surface area (Å²) in [4.78, 5) is 14.7. The Bertz CT molecular complexity index is 739. The first-order chi connectivity index (χ1) is 12.6. The van der Waals surface area contributed by atoms with E-state index in [1.54, 1.807) is 6.07 Å². The van der Waals surface area contributed by atoms with Gasteiger partial charge in [0.15, 0.2) is 0 Å². The Morgan fingerprint density at radius 2 is 1.77 bits per heavy atom. The Morgan fingerprint density at radius 3 is 2.50 bits per heavy atom. The third kappa shape index (κ3) is 5.05. The third-order valence-corrected chi connectivity index (χ3v) is 5.19. The first-order valence-corrected chi connectivity index (χ1v) is 9.50. The summed E-state index contributed by atoms with van der Waals surface area (Å²) >= 11 is 6.00. The largest absolute Gasteiger partial charge is 0.352 e. The predicted molar refractivity (Wildman–Crippen MR) is 103 cm³/mol. The average Bonchev–Trinajstić information content (AvgIpc) is 2.65. The van der Waals surface area contributed by atoms with E-state index >= 15 is 0 Å². The molecule has 1 heterocycles. The number of carbonyl (C=O) groups is 1. The molecule has 1 N–H and O–H groups in total. The van der Waals surface area contributed by atoms with Gasteiger partial charge >= 0.3 is 0 Å². The second-order valence-corrected chi connectivity index (χ2v) is 7.17. The van der Waals surface area contributed by atoms with Crippen molar-refractivity contribution in [1.82, 2.24) is 10.2 Å². The van der Waals surface area contributed by atoms with Crippen LogP contribution in [0.5, 0.6) is 0 Å². The van der Waals surface area contributed by atoms with E-state index in [0.717, 1.165) is 25.2 Å². The molecular weight excluding hydrogens is 351 g/mol. The lowest BCUT2D eigenvalue weighted by atomic mass is 10.0. The highest BCUT2D eigenvalue weighted by molar-refractivity contribution is 6.31. The van der Waals surface area contributed by atoms with Crippen LogP contribution in [0.3, 0.4) is 0 Å². The summed E-state index contributed by atoms with van der Waals surface area (Å²) in [6.07, 6.45) is 3.76. The van der Waals surface area contributed by atoms with Gasteiger partial charge in [-0.1, -0.05) is 48.4 Å². The maximum Gasteiger partial charge on any atom is 0.224 e. The van der Waals surface area contributed by atoms with E-state index in [4.69, 9.17) is 11.6 Å². The van der Waals surface area contributed by atoms with Gasteiger partial charge in [0.2, 0.25) is 5.91 Å². The van der Waals surface area contributed by atoms with Crippen LogP contribution in [0.4, 0.5) is 4.39 Å². The van der Waals surface area contributed by atoms with Gasteiger partial charge in [0.05, 0.1) is 6.42 Å². The van der Waals surface area contributed by atoms with Crippen molar-refractivity contribution in [2.75, 3.05) is 13.1 Å². The normalized spacial score (nSPS) is 15.0. The standard InChI is InChI=1S/C21H24ClFN2O/c22-19-9-6-10-20(23)18(19)13-21(26)24-14-16-7-2-3-8-17(16)15-25-11-4-1-5-12-25/h2-3,6-10H,1,4-5,11-15H2,(H,24,26). The van der Waals surface area contributed by atoms with E-state index in [0.29, 0.717) is 6.54 Å². The molecule has 3 nitrogen and oxygen atoms in total. The summed E-state index contributed by atoms with van der Waals surface area (Å²) in [7, 11) is 0. The number of hydrogen-bond acceptors (Lipinski definition) is 2. The van der Waals surface area contributed by atoms with Crippen molar-refractivity contribution in [2.24, 2.45) is 0 Å². The van der Waals surface area contributed by atoms with Gasteiger partial charge in [-0.25, -0.2) is 4.39 Å². The molecule has 138 valence electrons. The Labute approximate surface area is 159 Å². The van der Waals surface area contributed by atoms with E-state index in [2.05, 4.69) is 16.3 Å². The zero-order valence-electron chi connectivity index (χ0n) is 14.8. The minimum Gasteiger partial charge on any atom is -0.352 e. The van der Waals surface area contributed by atoms with Crippen LogP contribution in [0, 0.1) is 5.82 Å². The Kier molecular flexibility index (Phi) is 6.64. The molecule has 0 saturated carbocycles. The highest BCUT2D eigenvalue weighted by atomic mass is 35.5. The van der Waals surface area contributed by atoms with Crippen molar-refractivity contribution in [3.05, 3.63) is 70.0 Å². The molecule has 0 atom stereocenters. The van der Waals surface area contributed by atoms with Gasteiger partial charge < -0.3 is 5.32 Å². The molecule has 1 aliphatic heterocycles. The molecule has 2 aromatic rings. The van der Waals surface area contributed by atoms with Crippen molar-refractivity contribution >= 4 is 17.5 Å². The van der Waals surface area contributed by atoms with Crippen molar-refractivity contribution in [1.29, 1.82) is 0 Å². The maximum absolute atomic E-state index is 13.8. The molecule has 2 aromatic carbocycles. The van der Waals surface area contributed by atoms with Gasteiger partial charge in [0, 0.05) is 23.7 Å². The summed E-state index contributed by atoms with van der Waals surface area (Å²) in [5.74, 6) is -0.678. The Balaban J connectivity index is 1.59. The molecule has 1 fully saturated rings. The summed E-state index contributed by atoms with van der Waals surface area (Å²) in [6, 6.07) is 12.6. The molecule has 3 rings (SSSR count). The minimum atomic E-state index is -0.446. The second-order valence-electron chi connectivity index (χ2n) is 6.76. The zero-order valence-corrected chi connectivity index (χ0v) is 15.6. The van der Waals surface area contributed by atoms with Crippen molar-refractivity contribution in [2.45, 2.75) is 38.8 Å². The first kappa shape index (κ1) is 18.9. The number of nitrogens with zero attached hydrogens (tertiary/aromatic N) is 1. The molecule has 1 amide bonds. The van der Waals surface area contributed by atoms with Crippen LogP contribution in [0.25, 0.3) is 0 Å². The third-order valence-electron chi connectivity index (χ3n) is 4.84. The van der Waals surface area contributed by atoms with E-state index in [9.17, 15) is 9.18 Å². The summed E-state index contributed by atoms with van der Waals surface area (Å²) in [5.41, 5.74) is 2.58. The van der Waals surface area contributed by atoms with Crippen LogP contribution in [-0.4, -0.2) is 23.9 Å². The molecule has 1 aliphatic rings. The number of carbonyl (C=O) groups excluding carboxylic acids is 1. The lowest BCUT2D eigenvalue weighted by Gasteiger charge is -2.27. The number of halogens is 2. The molecular formula is C21H24ClFN2O. The van der Waals surface area contributed by atoms with Crippen molar-refractivity contribution in [3.8, 4) is 0 Å². The number of rotatable bonds is 6. The lowest BCUT2D eigenvalue weighted by Crippen LogP contribution is -2.30. The highest BCUT2D eigenvalue weighted by Gasteiger charge is 2.14. The van der Waals surface area contributed by atoms with Gasteiger partial charge in [0.1, 0.15) is 5.82 Å². The van der Waals surface area contributed by atoms with Gasteiger partial charge in [-0.15, -0.1) is 0 Å². The van der Waals surface area contributed by atoms with E-state index in [1.165, 1.54) is 37.0 Å². The fraction of sp³-hybridized carbons (Fsp3) is 0.381. The van der Waals surface area contributed by atoms with E-state index in [1.807, 2.05) is 18.2 Å².